The fourth-order valence-corrected chi connectivity index (χ4v) is 3.92. The zero-order valence-corrected chi connectivity index (χ0v) is 17.1. The highest BCUT2D eigenvalue weighted by Gasteiger charge is 2.27. The normalized spacial score (nSPS) is 14.1. The maximum absolute atomic E-state index is 13.2. The van der Waals surface area contributed by atoms with Crippen LogP contribution in [0.2, 0.25) is 5.02 Å². The molecule has 0 spiro atoms. The number of anilines is 2. The van der Waals surface area contributed by atoms with Crippen molar-refractivity contribution in [2.75, 3.05) is 11.4 Å². The molecule has 28 heavy (non-hydrogen) atoms. The molecule has 148 valence electrons. The van der Waals surface area contributed by atoms with Crippen LogP contribution < -0.4 is 16.1 Å². The van der Waals surface area contributed by atoms with E-state index < -0.39 is 0 Å². The van der Waals surface area contributed by atoms with Gasteiger partial charge >= 0.3 is 5.69 Å². The van der Waals surface area contributed by atoms with E-state index in [1.807, 2.05) is 28.8 Å². The molecule has 0 radical (unpaired) electrons. The molecule has 0 atom stereocenters. The number of hydrogen-bond donors (Lipinski definition) is 0. The fourth-order valence-electron chi connectivity index (χ4n) is 3.74. The molecule has 0 amide bonds. The molecule has 4 rings (SSSR count). The summed E-state index contributed by atoms with van der Waals surface area (Å²) < 4.78 is 4.77. The first-order valence-corrected chi connectivity index (χ1v) is 9.99. The predicted octanol–water partition coefficient (Wildman–Crippen LogP) is 3.14. The predicted molar refractivity (Wildman–Crippen MR) is 112 cm³/mol. The molecular formula is C20H24ClN5O2. The maximum Gasteiger partial charge on any atom is 0.332 e. The molecule has 8 heteroatoms. The third kappa shape index (κ3) is 3.03. The average molecular weight is 402 g/mol. The lowest BCUT2D eigenvalue weighted by Gasteiger charge is -2.29. The van der Waals surface area contributed by atoms with Crippen LogP contribution in [0.15, 0.2) is 33.9 Å². The Labute approximate surface area is 167 Å². The summed E-state index contributed by atoms with van der Waals surface area (Å²) >= 11 is 6.17. The molecular weight excluding hydrogens is 378 g/mol. The van der Waals surface area contributed by atoms with E-state index in [0.29, 0.717) is 41.1 Å². The quantitative estimate of drug-likeness (QED) is 0.673. The highest BCUT2D eigenvalue weighted by molar-refractivity contribution is 6.30. The Balaban J connectivity index is 1.92. The summed E-state index contributed by atoms with van der Waals surface area (Å²) in [5.41, 5.74) is 1.27. The molecule has 0 aliphatic carbocycles. The molecule has 3 heterocycles. The van der Waals surface area contributed by atoms with Crippen molar-refractivity contribution in [3.63, 3.8) is 0 Å². The van der Waals surface area contributed by atoms with Gasteiger partial charge in [0.15, 0.2) is 11.2 Å². The van der Waals surface area contributed by atoms with Gasteiger partial charge in [-0.2, -0.15) is 4.98 Å². The Hall–Kier alpha value is -2.54. The van der Waals surface area contributed by atoms with Crippen LogP contribution in [0.5, 0.6) is 0 Å². The second-order valence-corrected chi connectivity index (χ2v) is 8.14. The van der Waals surface area contributed by atoms with E-state index in [9.17, 15) is 9.59 Å². The molecule has 0 saturated carbocycles. The zero-order valence-electron chi connectivity index (χ0n) is 16.4. The van der Waals surface area contributed by atoms with E-state index in [-0.39, 0.29) is 11.2 Å². The summed E-state index contributed by atoms with van der Waals surface area (Å²) in [5, 5.41) is 0.647. The van der Waals surface area contributed by atoms with E-state index in [1.165, 1.54) is 9.13 Å². The lowest BCUT2D eigenvalue weighted by atomic mass is 10.1. The lowest BCUT2D eigenvalue weighted by molar-refractivity contribution is 0.487. The highest BCUT2D eigenvalue weighted by Crippen LogP contribution is 2.32. The van der Waals surface area contributed by atoms with Crippen LogP contribution in [0.25, 0.3) is 11.2 Å². The first-order valence-electron chi connectivity index (χ1n) is 9.61. The van der Waals surface area contributed by atoms with Crippen LogP contribution in [0.1, 0.15) is 26.7 Å². The Kier molecular flexibility index (Phi) is 4.79. The summed E-state index contributed by atoms with van der Waals surface area (Å²) in [5.74, 6) is 1.09. The van der Waals surface area contributed by atoms with Gasteiger partial charge in [0.1, 0.15) is 0 Å². The van der Waals surface area contributed by atoms with Gasteiger partial charge in [-0.25, -0.2) is 4.79 Å². The fraction of sp³-hybridized carbons (Fsp3) is 0.450. The van der Waals surface area contributed by atoms with Gasteiger partial charge in [-0.15, -0.1) is 0 Å². The minimum Gasteiger partial charge on any atom is -0.312 e. The number of imidazole rings is 1. The number of hydrogen-bond acceptors (Lipinski definition) is 4. The van der Waals surface area contributed by atoms with Crippen LogP contribution >= 0.6 is 11.6 Å². The Morgan fingerprint density at radius 2 is 2.00 bits per heavy atom. The highest BCUT2D eigenvalue weighted by atomic mass is 35.5. The maximum atomic E-state index is 13.2. The molecule has 1 aromatic carbocycles. The second kappa shape index (κ2) is 7.13. The molecule has 7 nitrogen and oxygen atoms in total. The van der Waals surface area contributed by atoms with E-state index in [4.69, 9.17) is 16.6 Å². The van der Waals surface area contributed by atoms with E-state index in [2.05, 4.69) is 18.7 Å². The number of benzene rings is 1. The number of halogens is 1. The Bertz CT molecular complexity index is 1160. The van der Waals surface area contributed by atoms with Gasteiger partial charge in [0.25, 0.3) is 5.56 Å². The standard InChI is InChI=1S/C20H24ClN5O2/c1-13(2)8-11-26-18(27)16-17(23(3)20(26)28)22-19-24(9-5-10-25(16)19)15-7-4-6-14(21)12-15/h4,6-7,12-13H,5,8-11H2,1-3H3. The first kappa shape index (κ1) is 18.8. The summed E-state index contributed by atoms with van der Waals surface area (Å²) in [6.07, 6.45) is 1.65. The summed E-state index contributed by atoms with van der Waals surface area (Å²) in [4.78, 5) is 32.7. The number of rotatable bonds is 4. The van der Waals surface area contributed by atoms with E-state index >= 15 is 0 Å². The van der Waals surface area contributed by atoms with Crippen molar-refractivity contribution in [3.8, 4) is 0 Å². The van der Waals surface area contributed by atoms with Crippen molar-refractivity contribution in [2.24, 2.45) is 13.0 Å². The SMILES string of the molecule is CC(C)CCn1c(=O)c2c(nc3n2CCCN3c2cccc(Cl)c2)n(C)c1=O. The Morgan fingerprint density at radius 3 is 2.71 bits per heavy atom. The largest absolute Gasteiger partial charge is 0.332 e. The summed E-state index contributed by atoms with van der Waals surface area (Å²) in [6.45, 7) is 6.05. The molecule has 0 bridgehead atoms. The van der Waals surface area contributed by atoms with E-state index in [0.717, 1.165) is 25.1 Å². The molecule has 0 fully saturated rings. The molecule has 0 N–H and O–H groups in total. The minimum atomic E-state index is -0.317. The van der Waals surface area contributed by atoms with Crippen LogP contribution in [-0.2, 0) is 20.1 Å². The number of fused-ring (bicyclic) bond motifs is 3. The zero-order chi connectivity index (χ0) is 20.0. The van der Waals surface area contributed by atoms with Crippen LogP contribution in [0.4, 0.5) is 11.6 Å². The van der Waals surface area contributed by atoms with Gasteiger partial charge in [0.2, 0.25) is 5.95 Å². The molecule has 0 unspecified atom stereocenters. The van der Waals surface area contributed by atoms with Gasteiger partial charge in [0, 0.05) is 37.4 Å². The Morgan fingerprint density at radius 1 is 1.21 bits per heavy atom. The number of aryl methyl sites for hydroxylation is 2. The first-order chi connectivity index (χ1) is 13.4. The smallest absolute Gasteiger partial charge is 0.312 e. The van der Waals surface area contributed by atoms with Crippen LogP contribution in [-0.4, -0.2) is 25.2 Å². The van der Waals surface area contributed by atoms with Crippen molar-refractivity contribution >= 4 is 34.4 Å². The third-order valence-electron chi connectivity index (χ3n) is 5.27. The molecule has 3 aromatic rings. The van der Waals surface area contributed by atoms with Crippen molar-refractivity contribution in [3.05, 3.63) is 50.1 Å². The third-order valence-corrected chi connectivity index (χ3v) is 5.50. The van der Waals surface area contributed by atoms with Crippen LogP contribution in [0.3, 0.4) is 0 Å². The monoisotopic (exact) mass is 401 g/mol. The van der Waals surface area contributed by atoms with Crippen molar-refractivity contribution in [2.45, 2.75) is 39.8 Å². The van der Waals surface area contributed by atoms with Gasteiger partial charge < -0.3 is 9.47 Å². The topological polar surface area (TPSA) is 65.1 Å². The summed E-state index contributed by atoms with van der Waals surface area (Å²) in [6, 6.07) is 7.58. The van der Waals surface area contributed by atoms with Crippen molar-refractivity contribution in [1.82, 2.24) is 18.7 Å². The minimum absolute atomic E-state index is 0.259. The van der Waals surface area contributed by atoms with Crippen LogP contribution in [0, 0.1) is 5.92 Å². The van der Waals surface area contributed by atoms with Gasteiger partial charge in [0.05, 0.1) is 0 Å². The number of nitrogens with zero attached hydrogens (tertiary/aromatic N) is 5. The molecule has 1 aliphatic heterocycles. The second-order valence-electron chi connectivity index (χ2n) is 7.70. The average Bonchev–Trinajstić information content (AvgIpc) is 3.06. The van der Waals surface area contributed by atoms with Crippen molar-refractivity contribution < 1.29 is 0 Å². The lowest BCUT2D eigenvalue weighted by Crippen LogP contribution is -2.40. The number of aromatic nitrogens is 4. The molecule has 1 aliphatic rings. The van der Waals surface area contributed by atoms with Crippen molar-refractivity contribution in [1.29, 1.82) is 0 Å². The summed E-state index contributed by atoms with van der Waals surface area (Å²) in [7, 11) is 1.68. The van der Waals surface area contributed by atoms with Gasteiger partial charge in [-0.1, -0.05) is 31.5 Å². The molecule has 0 saturated heterocycles. The van der Waals surface area contributed by atoms with Gasteiger partial charge in [-0.05, 0) is 37.0 Å². The van der Waals surface area contributed by atoms with Gasteiger partial charge in [-0.3, -0.25) is 13.9 Å². The molecule has 2 aromatic heterocycles. The van der Waals surface area contributed by atoms with E-state index in [1.54, 1.807) is 7.05 Å².